The molecule has 3 heterocycles. The summed E-state index contributed by atoms with van der Waals surface area (Å²) in [6.07, 6.45) is -3.34. The lowest BCUT2D eigenvalue weighted by Gasteiger charge is -2.40. The van der Waals surface area contributed by atoms with Gasteiger partial charge in [-0.2, -0.15) is 0 Å². The summed E-state index contributed by atoms with van der Waals surface area (Å²) in [6, 6.07) is 6.81. The lowest BCUT2D eigenvalue weighted by molar-refractivity contribution is -0.278. The number of esters is 1. The molecule has 5 rings (SSSR count). The summed E-state index contributed by atoms with van der Waals surface area (Å²) >= 11 is 0. The Bertz CT molecular complexity index is 1480. The third-order valence-electron chi connectivity index (χ3n) is 6.43. The molecular weight excluding hydrogens is 516 g/mol. The van der Waals surface area contributed by atoms with Crippen LogP contribution in [0.1, 0.15) is 6.92 Å². The Balaban J connectivity index is 1.70. The molecule has 206 valence electrons. The molecule has 0 aromatic heterocycles. The Hall–Kier alpha value is -4.10. The van der Waals surface area contributed by atoms with Crippen molar-refractivity contribution in [2.45, 2.75) is 37.6 Å². The number of aliphatic hydroxyl groups is 3. The zero-order chi connectivity index (χ0) is 27.8. The van der Waals surface area contributed by atoms with Crippen LogP contribution in [0.25, 0.3) is 27.9 Å². The number of hydrogen-bond donors (Lipinski definition) is 3. The van der Waals surface area contributed by atoms with Gasteiger partial charge in [-0.3, -0.25) is 9.59 Å². The fourth-order valence-corrected chi connectivity index (χ4v) is 4.47. The summed E-state index contributed by atoms with van der Waals surface area (Å²) in [7, 11) is 2.68. The van der Waals surface area contributed by atoms with E-state index in [2.05, 4.69) is 0 Å². The lowest BCUT2D eigenvalue weighted by Crippen LogP contribution is -2.60. The van der Waals surface area contributed by atoms with Crippen LogP contribution in [0.2, 0.25) is 0 Å². The first-order valence-electron chi connectivity index (χ1n) is 11.9. The van der Waals surface area contributed by atoms with Crippen LogP contribution in [-0.4, -0.2) is 78.6 Å². The molecule has 1 aliphatic carbocycles. The molecule has 0 saturated carbocycles. The molecule has 5 atom stereocenters. The molecule has 0 bridgehead atoms. The number of methoxy groups -OCH3 is 2. The molecule has 0 amide bonds. The van der Waals surface area contributed by atoms with Gasteiger partial charge >= 0.3 is 5.97 Å². The van der Waals surface area contributed by atoms with Crippen molar-refractivity contribution in [1.29, 1.82) is 0 Å². The predicted molar refractivity (Wildman–Crippen MR) is 132 cm³/mol. The Morgan fingerprint density at radius 1 is 0.974 bits per heavy atom. The van der Waals surface area contributed by atoms with Gasteiger partial charge in [0.15, 0.2) is 22.7 Å². The highest BCUT2D eigenvalue weighted by atomic mass is 16.7. The van der Waals surface area contributed by atoms with Crippen LogP contribution >= 0.6 is 0 Å². The maximum absolute atomic E-state index is 12.6. The number of rotatable bonds is 6. The molecule has 0 radical (unpaired) electrons. The molecular formula is C27H26O12. The van der Waals surface area contributed by atoms with E-state index in [1.54, 1.807) is 24.3 Å². The number of hydrogen-bond acceptors (Lipinski definition) is 12. The average molecular weight is 542 g/mol. The SMILES string of the molecule is COC1=CC(=c2oc3cccc4occc(c2O[C@@H]2O[C@H](COC(C)=O)[C@@H](O)[C@H](O)[C@H]2O)-c43)C=C(OC)C1=O. The number of Topliss-reactive ketones (excluding diaryl/α,β-unsaturated/α-hetero) is 1. The molecule has 12 nitrogen and oxygen atoms in total. The Morgan fingerprint density at radius 2 is 1.67 bits per heavy atom. The second kappa shape index (κ2) is 10.6. The van der Waals surface area contributed by atoms with E-state index in [4.69, 9.17) is 32.5 Å². The van der Waals surface area contributed by atoms with Gasteiger partial charge in [0.1, 0.15) is 42.2 Å². The van der Waals surface area contributed by atoms with Crippen molar-refractivity contribution >= 4 is 28.5 Å². The number of ether oxygens (including phenoxy) is 5. The van der Waals surface area contributed by atoms with Gasteiger partial charge < -0.3 is 47.8 Å². The van der Waals surface area contributed by atoms with Crippen LogP contribution in [0.15, 0.2) is 63.0 Å². The molecule has 3 aliphatic heterocycles. The van der Waals surface area contributed by atoms with Crippen molar-refractivity contribution in [3.05, 3.63) is 59.6 Å². The number of allylic oxidation sites excluding steroid dienone is 2. The first-order chi connectivity index (χ1) is 18.7. The molecule has 39 heavy (non-hydrogen) atoms. The highest BCUT2D eigenvalue weighted by Gasteiger charge is 2.46. The lowest BCUT2D eigenvalue weighted by atomic mass is 9.98. The summed E-state index contributed by atoms with van der Waals surface area (Å²) in [5, 5.41) is 31.6. The molecule has 12 heteroatoms. The first kappa shape index (κ1) is 26.5. The van der Waals surface area contributed by atoms with E-state index < -0.39 is 42.5 Å². The maximum Gasteiger partial charge on any atom is 0.302 e. The van der Waals surface area contributed by atoms with E-state index in [9.17, 15) is 24.9 Å². The van der Waals surface area contributed by atoms with Crippen molar-refractivity contribution in [1.82, 2.24) is 0 Å². The zero-order valence-electron chi connectivity index (χ0n) is 21.2. The highest BCUT2D eigenvalue weighted by Crippen LogP contribution is 2.39. The molecule has 1 fully saturated rings. The minimum Gasteiger partial charge on any atom is -0.492 e. The smallest absolute Gasteiger partial charge is 0.302 e. The Labute approximate surface area is 221 Å². The minimum absolute atomic E-state index is 0.0131. The van der Waals surface area contributed by atoms with Gasteiger partial charge in [0.25, 0.3) is 5.78 Å². The second-order valence-corrected chi connectivity index (χ2v) is 8.87. The summed E-state index contributed by atoms with van der Waals surface area (Å²) in [5.74, 6) is -1.05. The van der Waals surface area contributed by atoms with Crippen LogP contribution in [0.4, 0.5) is 0 Å². The van der Waals surface area contributed by atoms with Gasteiger partial charge in [0.2, 0.25) is 6.29 Å². The molecule has 0 spiro atoms. The van der Waals surface area contributed by atoms with Crippen LogP contribution < -0.4 is 10.2 Å². The van der Waals surface area contributed by atoms with Gasteiger partial charge in [-0.1, -0.05) is 6.07 Å². The topological polar surface area (TPSA) is 167 Å². The number of ketones is 1. The fourth-order valence-electron chi connectivity index (χ4n) is 4.47. The summed E-state index contributed by atoms with van der Waals surface area (Å²) < 4.78 is 39.2. The van der Waals surface area contributed by atoms with E-state index >= 15 is 0 Å². The van der Waals surface area contributed by atoms with Crippen molar-refractivity contribution < 1.29 is 57.4 Å². The molecule has 1 aromatic rings. The van der Waals surface area contributed by atoms with Gasteiger partial charge in [0, 0.05) is 18.1 Å². The third kappa shape index (κ3) is 4.79. The summed E-state index contributed by atoms with van der Waals surface area (Å²) in [4.78, 5) is 23.9. The van der Waals surface area contributed by atoms with Crippen LogP contribution in [0, 0.1) is 0 Å². The number of benzene rings is 1. The quantitative estimate of drug-likeness (QED) is 0.378. The number of carbonyl (C=O) groups excluding carboxylic acids is 2. The van der Waals surface area contributed by atoms with Crippen LogP contribution in [-0.2, 0) is 28.5 Å². The standard InChI is InChI=1S/C27H26O12/c1-12(28)36-11-19-22(30)23(31)24(32)27(38-19)39-26-14-7-8-35-15-5-4-6-16(20(14)15)37-25(26)13-9-17(33-2)21(29)18(10-13)34-3/h4-10,19,22-24,27,30-32H,11H2,1-3H3/t19-,22-,23+,24-,27+/m1/s1. The van der Waals surface area contributed by atoms with Gasteiger partial charge in [-0.15, -0.1) is 0 Å². The number of aliphatic hydroxyl groups excluding tert-OH is 3. The maximum atomic E-state index is 12.6. The molecule has 1 aromatic carbocycles. The normalized spacial score (nSPS) is 25.3. The molecule has 0 unspecified atom stereocenters. The van der Waals surface area contributed by atoms with Gasteiger partial charge in [-0.25, -0.2) is 0 Å². The second-order valence-electron chi connectivity index (χ2n) is 8.87. The summed E-state index contributed by atoms with van der Waals surface area (Å²) in [6.45, 7) is 0.795. The largest absolute Gasteiger partial charge is 0.492 e. The van der Waals surface area contributed by atoms with Crippen LogP contribution in [0.5, 0.6) is 5.75 Å². The van der Waals surface area contributed by atoms with Crippen molar-refractivity contribution in [3.8, 4) is 16.9 Å². The summed E-state index contributed by atoms with van der Waals surface area (Å²) in [5.41, 5.74) is 2.40. The minimum atomic E-state index is -1.70. The van der Waals surface area contributed by atoms with E-state index in [1.807, 2.05) is 0 Å². The predicted octanol–water partition coefficient (Wildman–Crippen LogP) is 0.955. The molecule has 3 N–H and O–H groups in total. The zero-order valence-corrected chi connectivity index (χ0v) is 21.2. The van der Waals surface area contributed by atoms with Gasteiger partial charge in [-0.05, 0) is 30.4 Å². The number of carbonyl (C=O) groups is 2. The van der Waals surface area contributed by atoms with E-state index in [0.29, 0.717) is 27.9 Å². The van der Waals surface area contributed by atoms with Gasteiger partial charge in [0.05, 0.1) is 26.0 Å². The van der Waals surface area contributed by atoms with Crippen molar-refractivity contribution in [2.75, 3.05) is 20.8 Å². The van der Waals surface area contributed by atoms with Crippen molar-refractivity contribution in [2.24, 2.45) is 0 Å². The monoisotopic (exact) mass is 542 g/mol. The van der Waals surface area contributed by atoms with Crippen LogP contribution in [0.3, 0.4) is 0 Å². The van der Waals surface area contributed by atoms with E-state index in [0.717, 1.165) is 0 Å². The third-order valence-corrected chi connectivity index (χ3v) is 6.43. The fraction of sp³-hybridized carbons (Fsp3) is 0.333. The Kier molecular flexibility index (Phi) is 7.19. The van der Waals surface area contributed by atoms with E-state index in [-0.39, 0.29) is 29.3 Å². The first-order valence-corrected chi connectivity index (χ1v) is 11.9. The average Bonchev–Trinajstić information content (AvgIpc) is 2.94. The van der Waals surface area contributed by atoms with Crippen molar-refractivity contribution in [3.63, 3.8) is 0 Å². The highest BCUT2D eigenvalue weighted by molar-refractivity contribution is 6.10. The molecule has 1 saturated heterocycles. The molecule has 4 aliphatic rings. The Morgan fingerprint density at radius 3 is 2.33 bits per heavy atom. The van der Waals surface area contributed by atoms with E-state index in [1.165, 1.54) is 39.6 Å².